The molecule has 1 N–H and O–H groups in total. The standard InChI is InChI=1S/C20H16FNO3/c21-18-9-17(11-22-12-18)15-6-7-19(16(8-15)10-20(23)24)25-13-14-4-2-1-3-5-14/h1-9,11-12H,10,13H2,(H,23,24). The highest BCUT2D eigenvalue weighted by Crippen LogP contribution is 2.28. The van der Waals surface area contributed by atoms with Gasteiger partial charge in [0.15, 0.2) is 0 Å². The fraction of sp³-hybridized carbons (Fsp3) is 0.100. The second-order valence-corrected chi connectivity index (χ2v) is 5.56. The minimum absolute atomic E-state index is 0.180. The maximum absolute atomic E-state index is 13.4. The zero-order valence-electron chi connectivity index (χ0n) is 13.4. The molecule has 0 amide bonds. The van der Waals surface area contributed by atoms with Crippen LogP contribution in [0.5, 0.6) is 5.75 Å². The number of benzene rings is 2. The topological polar surface area (TPSA) is 59.4 Å². The minimum Gasteiger partial charge on any atom is -0.489 e. The summed E-state index contributed by atoms with van der Waals surface area (Å²) in [7, 11) is 0. The van der Waals surface area contributed by atoms with Gasteiger partial charge >= 0.3 is 5.97 Å². The molecular weight excluding hydrogens is 321 g/mol. The largest absolute Gasteiger partial charge is 0.489 e. The van der Waals surface area contributed by atoms with Gasteiger partial charge in [0, 0.05) is 17.3 Å². The summed E-state index contributed by atoms with van der Waals surface area (Å²) < 4.78 is 19.2. The van der Waals surface area contributed by atoms with E-state index in [0.29, 0.717) is 29.0 Å². The Labute approximate surface area is 144 Å². The smallest absolute Gasteiger partial charge is 0.307 e. The first-order valence-electron chi connectivity index (χ1n) is 7.74. The number of nitrogens with zero attached hydrogens (tertiary/aromatic N) is 1. The maximum Gasteiger partial charge on any atom is 0.307 e. The second-order valence-electron chi connectivity index (χ2n) is 5.56. The second kappa shape index (κ2) is 7.57. The summed E-state index contributed by atoms with van der Waals surface area (Å²) in [6.45, 7) is 0.342. The van der Waals surface area contributed by atoms with Gasteiger partial charge in [0.05, 0.1) is 12.6 Å². The van der Waals surface area contributed by atoms with E-state index in [9.17, 15) is 9.18 Å². The van der Waals surface area contributed by atoms with E-state index in [1.54, 1.807) is 18.2 Å². The molecule has 0 unspecified atom stereocenters. The molecule has 1 heterocycles. The molecule has 0 spiro atoms. The molecule has 3 rings (SSSR count). The average molecular weight is 337 g/mol. The first-order valence-corrected chi connectivity index (χ1v) is 7.74. The molecule has 0 saturated heterocycles. The number of pyridine rings is 1. The lowest BCUT2D eigenvalue weighted by Crippen LogP contribution is -2.04. The number of hydrogen-bond acceptors (Lipinski definition) is 3. The monoisotopic (exact) mass is 337 g/mol. The van der Waals surface area contributed by atoms with Crippen LogP contribution in [-0.2, 0) is 17.8 Å². The number of aliphatic carboxylic acids is 1. The molecule has 126 valence electrons. The molecule has 0 aliphatic heterocycles. The van der Waals surface area contributed by atoms with Gasteiger partial charge in [-0.1, -0.05) is 36.4 Å². The Kier molecular flexibility index (Phi) is 5.04. The van der Waals surface area contributed by atoms with E-state index in [0.717, 1.165) is 11.8 Å². The number of ether oxygens (including phenoxy) is 1. The van der Waals surface area contributed by atoms with Gasteiger partial charge in [-0.2, -0.15) is 0 Å². The molecule has 2 aromatic carbocycles. The Morgan fingerprint density at radius 2 is 1.84 bits per heavy atom. The molecule has 25 heavy (non-hydrogen) atoms. The van der Waals surface area contributed by atoms with Gasteiger partial charge in [0.1, 0.15) is 18.2 Å². The lowest BCUT2D eigenvalue weighted by Gasteiger charge is -2.12. The third-order valence-electron chi connectivity index (χ3n) is 3.68. The Morgan fingerprint density at radius 3 is 2.56 bits per heavy atom. The number of rotatable bonds is 6. The normalized spacial score (nSPS) is 10.4. The van der Waals surface area contributed by atoms with E-state index < -0.39 is 11.8 Å². The van der Waals surface area contributed by atoms with Crippen molar-refractivity contribution in [2.75, 3.05) is 0 Å². The van der Waals surface area contributed by atoms with Crippen LogP contribution in [0.15, 0.2) is 67.0 Å². The number of carboxylic acids is 1. The van der Waals surface area contributed by atoms with E-state index in [-0.39, 0.29) is 6.42 Å². The molecular formula is C20H16FNO3. The third kappa shape index (κ3) is 4.41. The highest BCUT2D eigenvalue weighted by atomic mass is 19.1. The molecule has 0 aliphatic carbocycles. The molecule has 0 aliphatic rings. The third-order valence-corrected chi connectivity index (χ3v) is 3.68. The van der Waals surface area contributed by atoms with Gasteiger partial charge in [-0.25, -0.2) is 4.39 Å². The molecule has 4 nitrogen and oxygen atoms in total. The molecule has 1 aromatic heterocycles. The summed E-state index contributed by atoms with van der Waals surface area (Å²) in [5.41, 5.74) is 2.80. The van der Waals surface area contributed by atoms with Crippen LogP contribution in [-0.4, -0.2) is 16.1 Å². The van der Waals surface area contributed by atoms with Crippen LogP contribution < -0.4 is 4.74 Å². The molecule has 0 bridgehead atoms. The summed E-state index contributed by atoms with van der Waals surface area (Å²) in [6.07, 6.45) is 2.48. The summed E-state index contributed by atoms with van der Waals surface area (Å²) in [6, 6.07) is 16.1. The van der Waals surface area contributed by atoms with E-state index in [2.05, 4.69) is 4.98 Å². The molecule has 0 atom stereocenters. The average Bonchev–Trinajstić information content (AvgIpc) is 2.61. The molecule has 0 fully saturated rings. The van der Waals surface area contributed by atoms with Gasteiger partial charge < -0.3 is 9.84 Å². The number of halogens is 1. The number of aromatic nitrogens is 1. The van der Waals surface area contributed by atoms with Crippen LogP contribution in [0.1, 0.15) is 11.1 Å². The first kappa shape index (κ1) is 16.6. The van der Waals surface area contributed by atoms with Crippen LogP contribution in [0, 0.1) is 5.82 Å². The zero-order chi connectivity index (χ0) is 17.6. The van der Waals surface area contributed by atoms with Crippen molar-refractivity contribution in [2.24, 2.45) is 0 Å². The van der Waals surface area contributed by atoms with Crippen molar-refractivity contribution in [3.63, 3.8) is 0 Å². The molecule has 3 aromatic rings. The Morgan fingerprint density at radius 1 is 1.04 bits per heavy atom. The van der Waals surface area contributed by atoms with Crippen molar-refractivity contribution in [3.8, 4) is 16.9 Å². The van der Waals surface area contributed by atoms with Crippen molar-refractivity contribution in [2.45, 2.75) is 13.0 Å². The molecule has 5 heteroatoms. The van der Waals surface area contributed by atoms with Crippen LogP contribution in [0.2, 0.25) is 0 Å². The lowest BCUT2D eigenvalue weighted by atomic mass is 10.0. The molecule has 0 radical (unpaired) electrons. The fourth-order valence-electron chi connectivity index (χ4n) is 2.51. The highest BCUT2D eigenvalue weighted by molar-refractivity contribution is 5.73. The van der Waals surface area contributed by atoms with Crippen molar-refractivity contribution >= 4 is 5.97 Å². The SMILES string of the molecule is O=C(O)Cc1cc(-c2cncc(F)c2)ccc1OCc1ccccc1. The quantitative estimate of drug-likeness (QED) is 0.736. The van der Waals surface area contributed by atoms with Crippen molar-refractivity contribution < 1.29 is 19.0 Å². The summed E-state index contributed by atoms with van der Waals surface area (Å²) >= 11 is 0. The van der Waals surface area contributed by atoms with Crippen molar-refractivity contribution in [1.29, 1.82) is 0 Å². The van der Waals surface area contributed by atoms with E-state index in [1.165, 1.54) is 12.3 Å². The van der Waals surface area contributed by atoms with Crippen molar-refractivity contribution in [3.05, 3.63) is 83.9 Å². The molecule has 0 saturated carbocycles. The lowest BCUT2D eigenvalue weighted by molar-refractivity contribution is -0.136. The van der Waals surface area contributed by atoms with Gasteiger partial charge in [-0.05, 0) is 29.3 Å². The predicted octanol–water partition coefficient (Wildman–Crippen LogP) is 4.09. The summed E-state index contributed by atoms with van der Waals surface area (Å²) in [4.78, 5) is 15.0. The van der Waals surface area contributed by atoms with Gasteiger partial charge in [-0.3, -0.25) is 9.78 Å². The number of carboxylic acid groups (broad SMARTS) is 1. The van der Waals surface area contributed by atoms with Crippen LogP contribution in [0.4, 0.5) is 4.39 Å². The van der Waals surface area contributed by atoms with Crippen LogP contribution in [0.3, 0.4) is 0 Å². The fourth-order valence-corrected chi connectivity index (χ4v) is 2.51. The minimum atomic E-state index is -0.959. The Hall–Kier alpha value is -3.21. The predicted molar refractivity (Wildman–Crippen MR) is 91.7 cm³/mol. The summed E-state index contributed by atoms with van der Waals surface area (Å²) in [5, 5.41) is 9.15. The summed E-state index contributed by atoms with van der Waals surface area (Å²) in [5.74, 6) is -0.903. The van der Waals surface area contributed by atoms with Gasteiger partial charge in [0.2, 0.25) is 0 Å². The maximum atomic E-state index is 13.4. The number of hydrogen-bond donors (Lipinski definition) is 1. The van der Waals surface area contributed by atoms with Crippen molar-refractivity contribution in [1.82, 2.24) is 4.98 Å². The zero-order valence-corrected chi connectivity index (χ0v) is 13.4. The van der Waals surface area contributed by atoms with Gasteiger partial charge in [-0.15, -0.1) is 0 Å². The first-order chi connectivity index (χ1) is 12.1. The van der Waals surface area contributed by atoms with E-state index in [1.807, 2.05) is 30.3 Å². The van der Waals surface area contributed by atoms with E-state index in [4.69, 9.17) is 9.84 Å². The highest BCUT2D eigenvalue weighted by Gasteiger charge is 2.11. The van der Waals surface area contributed by atoms with Gasteiger partial charge in [0.25, 0.3) is 0 Å². The van der Waals surface area contributed by atoms with E-state index >= 15 is 0 Å². The Balaban J connectivity index is 1.88. The Bertz CT molecular complexity index is 881. The van der Waals surface area contributed by atoms with Crippen LogP contribution in [0.25, 0.3) is 11.1 Å². The van der Waals surface area contributed by atoms with Crippen LogP contribution >= 0.6 is 0 Å². The number of carbonyl (C=O) groups is 1.